The zero-order valence-corrected chi connectivity index (χ0v) is 6.68. The minimum absolute atomic E-state index is 0.362. The molecule has 1 spiro atoms. The predicted octanol–water partition coefficient (Wildman–Crippen LogP) is 0.979. The third-order valence-electron chi connectivity index (χ3n) is 2.84. The lowest BCUT2D eigenvalue weighted by atomic mass is 9.75. The summed E-state index contributed by atoms with van der Waals surface area (Å²) in [4.78, 5) is 2.68. The first-order valence-electron chi connectivity index (χ1n) is 4.15. The maximum Gasteiger partial charge on any atom is 0.0945 e. The van der Waals surface area contributed by atoms with E-state index in [2.05, 4.69) is 10.0 Å². The Labute approximate surface area is 70.0 Å². The Bertz CT molecular complexity index is 233. The molecule has 66 valence electrons. The van der Waals surface area contributed by atoms with Crippen LogP contribution in [-0.2, 0) is 4.74 Å². The Balaban J connectivity index is 2.10. The number of ether oxygens (including phenoxy) is 1. The van der Waals surface area contributed by atoms with E-state index in [0.717, 1.165) is 19.3 Å². The fourth-order valence-corrected chi connectivity index (χ4v) is 1.91. The zero-order valence-electron chi connectivity index (χ0n) is 6.68. The highest BCUT2D eigenvalue weighted by atomic mass is 16.5. The van der Waals surface area contributed by atoms with Crippen LogP contribution in [-0.4, -0.2) is 29.5 Å². The van der Waals surface area contributed by atoms with Gasteiger partial charge < -0.3 is 9.84 Å². The molecule has 1 aliphatic carbocycles. The summed E-state index contributed by atoms with van der Waals surface area (Å²) in [5.41, 5.74) is 7.83. The molecule has 1 saturated heterocycles. The van der Waals surface area contributed by atoms with Crippen LogP contribution < -0.4 is 0 Å². The van der Waals surface area contributed by atoms with Crippen molar-refractivity contribution in [1.29, 1.82) is 0 Å². The van der Waals surface area contributed by atoms with Crippen molar-refractivity contribution in [1.82, 2.24) is 0 Å². The second-order valence-electron chi connectivity index (χ2n) is 3.45. The summed E-state index contributed by atoms with van der Waals surface area (Å²) in [6.45, 7) is 0.366. The van der Waals surface area contributed by atoms with Crippen LogP contribution >= 0.6 is 0 Å². The Morgan fingerprint density at radius 1 is 1.58 bits per heavy atom. The quantitative estimate of drug-likeness (QED) is 0.360. The van der Waals surface area contributed by atoms with Crippen molar-refractivity contribution < 1.29 is 9.84 Å². The molecule has 0 aromatic rings. The van der Waals surface area contributed by atoms with Gasteiger partial charge in [-0.2, -0.15) is 0 Å². The van der Waals surface area contributed by atoms with Gasteiger partial charge in [0.15, 0.2) is 0 Å². The SMILES string of the molecule is [N-]=[N+]=N[C@H]1COC2(CCC2)[C@@H]1O. The molecule has 0 radical (unpaired) electrons. The van der Waals surface area contributed by atoms with Crippen LogP contribution in [0.3, 0.4) is 0 Å². The minimum atomic E-state index is -0.595. The van der Waals surface area contributed by atoms with Crippen LogP contribution in [0.15, 0.2) is 5.11 Å². The van der Waals surface area contributed by atoms with E-state index in [1.807, 2.05) is 0 Å². The number of aliphatic hydroxyl groups is 1. The molecule has 5 heteroatoms. The highest BCUT2D eigenvalue weighted by Gasteiger charge is 2.52. The molecular weight excluding hydrogens is 158 g/mol. The standard InChI is InChI=1S/C7H11N3O2/c8-10-9-5-4-12-7(6(5)11)2-1-3-7/h5-6,11H,1-4H2/t5-,6+/m0/s1. The molecule has 0 unspecified atom stereocenters. The lowest BCUT2D eigenvalue weighted by Gasteiger charge is -2.40. The Hall–Kier alpha value is -0.770. The second kappa shape index (κ2) is 2.62. The van der Waals surface area contributed by atoms with Gasteiger partial charge in [-0.05, 0) is 24.8 Å². The molecule has 2 rings (SSSR count). The first-order chi connectivity index (χ1) is 5.78. The molecule has 0 amide bonds. The molecule has 5 nitrogen and oxygen atoms in total. The fraction of sp³-hybridized carbons (Fsp3) is 1.00. The highest BCUT2D eigenvalue weighted by Crippen LogP contribution is 2.44. The number of rotatable bonds is 1. The van der Waals surface area contributed by atoms with E-state index in [0.29, 0.717) is 6.61 Å². The summed E-state index contributed by atoms with van der Waals surface area (Å²) in [6.07, 6.45) is 2.29. The van der Waals surface area contributed by atoms with Crippen molar-refractivity contribution in [2.45, 2.75) is 37.0 Å². The minimum Gasteiger partial charge on any atom is -0.390 e. The van der Waals surface area contributed by atoms with Gasteiger partial charge in [-0.25, -0.2) is 0 Å². The molecule has 1 heterocycles. The van der Waals surface area contributed by atoms with Gasteiger partial charge in [0.25, 0.3) is 0 Å². The van der Waals surface area contributed by atoms with E-state index >= 15 is 0 Å². The molecule has 2 fully saturated rings. The first-order valence-corrected chi connectivity index (χ1v) is 4.15. The van der Waals surface area contributed by atoms with Crippen LogP contribution in [0.1, 0.15) is 19.3 Å². The summed E-state index contributed by atoms with van der Waals surface area (Å²) in [5, 5.41) is 13.2. The van der Waals surface area contributed by atoms with E-state index in [1.165, 1.54) is 0 Å². The van der Waals surface area contributed by atoms with Gasteiger partial charge in [0.05, 0.1) is 24.4 Å². The van der Waals surface area contributed by atoms with Crippen molar-refractivity contribution in [3.8, 4) is 0 Å². The van der Waals surface area contributed by atoms with Crippen molar-refractivity contribution in [2.75, 3.05) is 6.61 Å². The van der Waals surface area contributed by atoms with E-state index < -0.39 is 6.10 Å². The van der Waals surface area contributed by atoms with Crippen LogP contribution in [0.4, 0.5) is 0 Å². The van der Waals surface area contributed by atoms with Crippen LogP contribution in [0.5, 0.6) is 0 Å². The van der Waals surface area contributed by atoms with E-state index in [4.69, 9.17) is 10.3 Å². The van der Waals surface area contributed by atoms with Crippen LogP contribution in [0.2, 0.25) is 0 Å². The largest absolute Gasteiger partial charge is 0.390 e. The van der Waals surface area contributed by atoms with Crippen molar-refractivity contribution in [3.05, 3.63) is 10.4 Å². The zero-order chi connectivity index (χ0) is 8.60. The monoisotopic (exact) mass is 169 g/mol. The van der Waals surface area contributed by atoms with E-state index in [1.54, 1.807) is 0 Å². The number of hydrogen-bond acceptors (Lipinski definition) is 3. The van der Waals surface area contributed by atoms with Gasteiger partial charge in [0.1, 0.15) is 0 Å². The summed E-state index contributed by atoms with van der Waals surface area (Å²) < 4.78 is 5.44. The third-order valence-corrected chi connectivity index (χ3v) is 2.84. The second-order valence-corrected chi connectivity index (χ2v) is 3.45. The molecule has 1 N–H and O–H groups in total. The third kappa shape index (κ3) is 0.909. The van der Waals surface area contributed by atoms with Gasteiger partial charge >= 0.3 is 0 Å². The maximum atomic E-state index is 9.70. The molecule has 0 aromatic carbocycles. The van der Waals surface area contributed by atoms with Crippen LogP contribution in [0.25, 0.3) is 10.4 Å². The first kappa shape index (κ1) is 7.86. The van der Waals surface area contributed by atoms with E-state index in [-0.39, 0.29) is 11.6 Å². The molecule has 1 aliphatic heterocycles. The van der Waals surface area contributed by atoms with Crippen molar-refractivity contribution >= 4 is 0 Å². The molecular formula is C7H11N3O2. The molecule has 1 saturated carbocycles. The van der Waals surface area contributed by atoms with Crippen molar-refractivity contribution in [3.63, 3.8) is 0 Å². The number of aliphatic hydroxyl groups excluding tert-OH is 1. The van der Waals surface area contributed by atoms with Gasteiger partial charge in [0, 0.05) is 4.91 Å². The Morgan fingerprint density at radius 3 is 2.75 bits per heavy atom. The molecule has 2 aliphatic rings. The highest BCUT2D eigenvalue weighted by molar-refractivity contribution is 5.05. The smallest absolute Gasteiger partial charge is 0.0945 e. The summed E-state index contributed by atoms with van der Waals surface area (Å²) >= 11 is 0. The molecule has 0 aromatic heterocycles. The normalized spacial score (nSPS) is 37.4. The number of azide groups is 1. The van der Waals surface area contributed by atoms with Gasteiger partial charge in [-0.1, -0.05) is 5.11 Å². The van der Waals surface area contributed by atoms with Gasteiger partial charge in [-0.15, -0.1) is 0 Å². The molecule has 12 heavy (non-hydrogen) atoms. The van der Waals surface area contributed by atoms with Crippen molar-refractivity contribution in [2.24, 2.45) is 5.11 Å². The average Bonchev–Trinajstić information content (AvgIpc) is 2.29. The fourth-order valence-electron chi connectivity index (χ4n) is 1.91. The Kier molecular flexibility index (Phi) is 1.72. The predicted molar refractivity (Wildman–Crippen MR) is 41.5 cm³/mol. The lowest BCUT2D eigenvalue weighted by Crippen LogP contribution is -2.48. The number of hydrogen-bond donors (Lipinski definition) is 1. The maximum absolute atomic E-state index is 9.70. The van der Waals surface area contributed by atoms with Gasteiger partial charge in [0.2, 0.25) is 0 Å². The summed E-state index contributed by atoms with van der Waals surface area (Å²) in [6, 6.07) is -0.379. The topological polar surface area (TPSA) is 78.2 Å². The Morgan fingerprint density at radius 2 is 2.33 bits per heavy atom. The average molecular weight is 169 g/mol. The molecule has 2 atom stereocenters. The summed E-state index contributed by atoms with van der Waals surface area (Å²) in [7, 11) is 0. The van der Waals surface area contributed by atoms with Gasteiger partial charge in [-0.3, -0.25) is 0 Å². The number of nitrogens with zero attached hydrogens (tertiary/aromatic N) is 3. The lowest BCUT2D eigenvalue weighted by molar-refractivity contribution is -0.110. The van der Waals surface area contributed by atoms with Crippen LogP contribution in [0, 0.1) is 0 Å². The van der Waals surface area contributed by atoms with E-state index in [9.17, 15) is 5.11 Å². The molecule has 0 bridgehead atoms. The summed E-state index contributed by atoms with van der Waals surface area (Å²) in [5.74, 6) is 0.